The highest BCUT2D eigenvalue weighted by Crippen LogP contribution is 2.30. The second-order valence-electron chi connectivity index (χ2n) is 8.34. The van der Waals surface area contributed by atoms with Gasteiger partial charge in [0.05, 0.1) is 12.1 Å². The smallest absolute Gasteiger partial charge is 0.266 e. The van der Waals surface area contributed by atoms with Gasteiger partial charge in [0.1, 0.15) is 6.04 Å². The summed E-state index contributed by atoms with van der Waals surface area (Å²) in [5, 5.41) is 8.71. The monoisotopic (exact) mass is 414 g/mol. The van der Waals surface area contributed by atoms with Crippen molar-refractivity contribution in [3.05, 3.63) is 35.4 Å². The summed E-state index contributed by atoms with van der Waals surface area (Å²) in [6.07, 6.45) is 3.09. The van der Waals surface area contributed by atoms with Gasteiger partial charge in [0.15, 0.2) is 6.23 Å². The zero-order valence-corrected chi connectivity index (χ0v) is 17.6. The second kappa shape index (κ2) is 8.73. The highest BCUT2D eigenvalue weighted by Gasteiger charge is 2.43. The number of nitrogens with one attached hydrogen (secondary N) is 2. The molecular weight excluding hydrogens is 384 g/mol. The fourth-order valence-corrected chi connectivity index (χ4v) is 4.51. The van der Waals surface area contributed by atoms with Crippen LogP contribution in [0.2, 0.25) is 0 Å². The van der Waals surface area contributed by atoms with Crippen LogP contribution in [-0.2, 0) is 32.0 Å². The minimum absolute atomic E-state index is 0.0177. The van der Waals surface area contributed by atoms with Crippen molar-refractivity contribution in [1.29, 1.82) is 0 Å². The SMILES string of the molecule is CNC(C)C(=O)N[C@H]1CCC(=O)N2CCCC(OC3Cc4ccccc4C3)N2C1=O. The van der Waals surface area contributed by atoms with Crippen LogP contribution in [0.15, 0.2) is 24.3 Å². The van der Waals surface area contributed by atoms with Crippen molar-refractivity contribution in [2.45, 2.75) is 69.9 Å². The molecule has 162 valence electrons. The lowest BCUT2D eigenvalue weighted by Crippen LogP contribution is -2.62. The van der Waals surface area contributed by atoms with Gasteiger partial charge in [-0.1, -0.05) is 24.3 Å². The number of nitrogens with zero attached hydrogens (tertiary/aromatic N) is 2. The highest BCUT2D eigenvalue weighted by molar-refractivity contribution is 5.92. The van der Waals surface area contributed by atoms with Crippen molar-refractivity contribution >= 4 is 17.7 Å². The van der Waals surface area contributed by atoms with Gasteiger partial charge >= 0.3 is 0 Å². The molecule has 30 heavy (non-hydrogen) atoms. The van der Waals surface area contributed by atoms with E-state index in [1.165, 1.54) is 21.1 Å². The number of hydrogen-bond acceptors (Lipinski definition) is 5. The normalized spacial score (nSPS) is 25.5. The number of hydrogen-bond donors (Lipinski definition) is 2. The van der Waals surface area contributed by atoms with E-state index in [0.29, 0.717) is 19.4 Å². The molecule has 2 aliphatic heterocycles. The van der Waals surface area contributed by atoms with E-state index in [-0.39, 0.29) is 30.2 Å². The number of benzene rings is 1. The molecule has 0 bridgehead atoms. The molecule has 2 saturated heterocycles. The van der Waals surface area contributed by atoms with Gasteiger partial charge in [-0.25, -0.2) is 10.0 Å². The van der Waals surface area contributed by atoms with Gasteiger partial charge in [0, 0.05) is 13.0 Å². The largest absolute Gasteiger partial charge is 0.353 e. The molecule has 2 fully saturated rings. The molecule has 3 aliphatic rings. The van der Waals surface area contributed by atoms with E-state index in [9.17, 15) is 14.4 Å². The van der Waals surface area contributed by atoms with Crippen LogP contribution in [0.1, 0.15) is 43.7 Å². The average molecular weight is 415 g/mol. The van der Waals surface area contributed by atoms with Gasteiger partial charge in [-0.15, -0.1) is 0 Å². The van der Waals surface area contributed by atoms with Gasteiger partial charge in [0.25, 0.3) is 5.91 Å². The fourth-order valence-electron chi connectivity index (χ4n) is 4.51. The lowest BCUT2D eigenvalue weighted by molar-refractivity contribution is -0.212. The number of hydrazine groups is 1. The number of ether oxygens (including phenoxy) is 1. The van der Waals surface area contributed by atoms with Crippen molar-refractivity contribution in [1.82, 2.24) is 20.7 Å². The summed E-state index contributed by atoms with van der Waals surface area (Å²) in [5.41, 5.74) is 2.55. The topological polar surface area (TPSA) is 91.0 Å². The molecule has 3 atom stereocenters. The Kier molecular flexibility index (Phi) is 6.06. The molecule has 1 aromatic rings. The lowest BCUT2D eigenvalue weighted by atomic mass is 10.1. The average Bonchev–Trinajstić information content (AvgIpc) is 3.12. The molecule has 3 amide bonds. The summed E-state index contributed by atoms with van der Waals surface area (Å²) in [4.78, 5) is 38.5. The molecule has 0 radical (unpaired) electrons. The number of fused-ring (bicyclic) bond motifs is 2. The number of amides is 3. The predicted octanol–water partition coefficient (Wildman–Crippen LogP) is 0.749. The first-order valence-corrected chi connectivity index (χ1v) is 10.8. The Morgan fingerprint density at radius 3 is 2.53 bits per heavy atom. The Labute approximate surface area is 176 Å². The standard InChI is InChI=1S/C22H30N4O4/c1-14(23-2)21(28)24-18-9-10-19(27)25-11-5-8-20(26(25)22(18)29)30-17-12-15-6-3-4-7-16(15)13-17/h3-4,6-7,14,17-18,20,23H,5,8-13H2,1-2H3,(H,24,28)/t14?,18-,20?/m0/s1. The quantitative estimate of drug-likeness (QED) is 0.742. The van der Waals surface area contributed by atoms with Gasteiger partial charge in [-0.2, -0.15) is 0 Å². The molecule has 2 unspecified atom stereocenters. The summed E-state index contributed by atoms with van der Waals surface area (Å²) >= 11 is 0. The van der Waals surface area contributed by atoms with Crippen LogP contribution in [0.5, 0.6) is 0 Å². The first-order chi connectivity index (χ1) is 14.5. The third-order valence-electron chi connectivity index (χ3n) is 6.32. The molecule has 8 nitrogen and oxygen atoms in total. The molecule has 2 N–H and O–H groups in total. The molecule has 1 aliphatic carbocycles. The molecule has 8 heteroatoms. The van der Waals surface area contributed by atoms with Crippen LogP contribution in [-0.4, -0.2) is 65.7 Å². The molecule has 0 saturated carbocycles. The van der Waals surface area contributed by atoms with E-state index in [1.807, 2.05) is 12.1 Å². The predicted molar refractivity (Wildman–Crippen MR) is 110 cm³/mol. The molecule has 0 aromatic heterocycles. The maximum Gasteiger partial charge on any atom is 0.266 e. The van der Waals surface area contributed by atoms with Crippen LogP contribution in [0, 0.1) is 0 Å². The highest BCUT2D eigenvalue weighted by atomic mass is 16.5. The molecular formula is C22H30N4O4. The van der Waals surface area contributed by atoms with E-state index in [2.05, 4.69) is 22.8 Å². The third kappa shape index (κ3) is 4.06. The maximum absolute atomic E-state index is 13.4. The number of carbonyl (C=O) groups excluding carboxylic acids is 3. The molecule has 1 aromatic carbocycles. The molecule has 2 heterocycles. The molecule has 4 rings (SSSR count). The van der Waals surface area contributed by atoms with Crippen molar-refractivity contribution < 1.29 is 19.1 Å². The van der Waals surface area contributed by atoms with Crippen LogP contribution >= 0.6 is 0 Å². The number of carbonyl (C=O) groups is 3. The van der Waals surface area contributed by atoms with E-state index >= 15 is 0 Å². The maximum atomic E-state index is 13.4. The van der Waals surface area contributed by atoms with E-state index in [1.54, 1.807) is 14.0 Å². The Morgan fingerprint density at radius 2 is 1.87 bits per heavy atom. The first-order valence-electron chi connectivity index (χ1n) is 10.8. The van der Waals surface area contributed by atoms with E-state index < -0.39 is 18.3 Å². The summed E-state index contributed by atoms with van der Waals surface area (Å²) in [7, 11) is 1.69. The van der Waals surface area contributed by atoms with E-state index in [4.69, 9.17) is 4.74 Å². The number of likely N-dealkylation sites (N-methyl/N-ethyl adjacent to an activating group) is 1. The third-order valence-corrected chi connectivity index (χ3v) is 6.32. The van der Waals surface area contributed by atoms with Crippen molar-refractivity contribution in [2.24, 2.45) is 0 Å². The second-order valence-corrected chi connectivity index (χ2v) is 8.34. The lowest BCUT2D eigenvalue weighted by Gasteiger charge is -2.44. The van der Waals surface area contributed by atoms with Crippen molar-refractivity contribution in [2.75, 3.05) is 13.6 Å². The van der Waals surface area contributed by atoms with Gasteiger partial charge in [-0.05, 0) is 57.2 Å². The summed E-state index contributed by atoms with van der Waals surface area (Å²) in [5.74, 6) is -0.611. The van der Waals surface area contributed by atoms with Gasteiger partial charge < -0.3 is 15.4 Å². The minimum Gasteiger partial charge on any atom is -0.353 e. The van der Waals surface area contributed by atoms with Crippen LogP contribution in [0.25, 0.3) is 0 Å². The minimum atomic E-state index is -0.729. The van der Waals surface area contributed by atoms with Gasteiger partial charge in [-0.3, -0.25) is 14.4 Å². The van der Waals surface area contributed by atoms with Crippen molar-refractivity contribution in [3.63, 3.8) is 0 Å². The Morgan fingerprint density at radius 1 is 1.17 bits per heavy atom. The zero-order chi connectivity index (χ0) is 21.3. The summed E-state index contributed by atoms with van der Waals surface area (Å²) in [6, 6.07) is 7.13. The molecule has 0 spiro atoms. The summed E-state index contributed by atoms with van der Waals surface area (Å²) in [6.45, 7) is 2.24. The van der Waals surface area contributed by atoms with Crippen molar-refractivity contribution in [3.8, 4) is 0 Å². The number of rotatable bonds is 5. The van der Waals surface area contributed by atoms with E-state index in [0.717, 1.165) is 19.3 Å². The fraction of sp³-hybridized carbons (Fsp3) is 0.591. The Hall–Kier alpha value is -2.45. The summed E-state index contributed by atoms with van der Waals surface area (Å²) < 4.78 is 6.39. The zero-order valence-electron chi connectivity index (χ0n) is 17.6. The van der Waals surface area contributed by atoms with Crippen LogP contribution in [0.3, 0.4) is 0 Å². The first kappa shape index (κ1) is 20.8. The Bertz CT molecular complexity index is 804. The van der Waals surface area contributed by atoms with Gasteiger partial charge in [0.2, 0.25) is 11.8 Å². The van der Waals surface area contributed by atoms with Crippen LogP contribution in [0.4, 0.5) is 0 Å². The Balaban J connectivity index is 1.50. The van der Waals surface area contributed by atoms with Crippen LogP contribution < -0.4 is 10.6 Å².